The fourth-order valence-corrected chi connectivity index (χ4v) is 3.22. The Kier molecular flexibility index (Phi) is 5.10. The van der Waals surface area contributed by atoms with Crippen molar-refractivity contribution in [2.75, 3.05) is 25.6 Å². The molecule has 0 spiro atoms. The number of methoxy groups -OCH3 is 1. The highest BCUT2D eigenvalue weighted by Crippen LogP contribution is 2.31. The molecule has 18 heavy (non-hydrogen) atoms. The number of anilines is 1. The van der Waals surface area contributed by atoms with E-state index in [1.54, 1.807) is 29.8 Å². The number of rotatable bonds is 7. The molecule has 98 valence electrons. The predicted octanol–water partition coefficient (Wildman–Crippen LogP) is 3.28. The lowest BCUT2D eigenvalue weighted by Gasteiger charge is -2.00. The summed E-state index contributed by atoms with van der Waals surface area (Å²) >= 11 is 3.29. The number of hydrogen-bond donors (Lipinski definition) is 1. The van der Waals surface area contributed by atoms with Crippen LogP contribution in [0.15, 0.2) is 10.9 Å². The van der Waals surface area contributed by atoms with Crippen molar-refractivity contribution in [2.24, 2.45) is 0 Å². The van der Waals surface area contributed by atoms with Crippen molar-refractivity contribution in [3.05, 3.63) is 16.6 Å². The Morgan fingerprint density at radius 3 is 3.06 bits per heavy atom. The number of nitrogens with zero attached hydrogens (tertiary/aromatic N) is 2. The average Bonchev–Trinajstić information content (AvgIpc) is 2.98. The Balaban J connectivity index is 2.06. The lowest BCUT2D eigenvalue weighted by molar-refractivity contribution is 0.211. The smallest absolute Gasteiger partial charge is 0.183 e. The van der Waals surface area contributed by atoms with Gasteiger partial charge in [-0.1, -0.05) is 13.3 Å². The van der Waals surface area contributed by atoms with Gasteiger partial charge in [-0.2, -0.15) is 0 Å². The van der Waals surface area contributed by atoms with Gasteiger partial charge in [0, 0.05) is 19.0 Å². The highest BCUT2D eigenvalue weighted by molar-refractivity contribution is 7.15. The molecule has 0 saturated heterocycles. The van der Waals surface area contributed by atoms with Gasteiger partial charge in [0.25, 0.3) is 0 Å². The van der Waals surface area contributed by atoms with Crippen LogP contribution in [0.3, 0.4) is 0 Å². The minimum Gasteiger partial charge on any atom is -0.383 e. The fourth-order valence-electron chi connectivity index (χ4n) is 1.61. The first-order valence-corrected chi connectivity index (χ1v) is 7.72. The molecule has 2 aromatic rings. The Bertz CT molecular complexity index is 481. The van der Waals surface area contributed by atoms with Gasteiger partial charge in [-0.3, -0.25) is 0 Å². The summed E-state index contributed by atoms with van der Waals surface area (Å²) in [4.78, 5) is 10.2. The first kappa shape index (κ1) is 13.5. The van der Waals surface area contributed by atoms with Crippen LogP contribution >= 0.6 is 22.7 Å². The van der Waals surface area contributed by atoms with Crippen LogP contribution in [-0.2, 0) is 11.2 Å². The summed E-state index contributed by atoms with van der Waals surface area (Å²) in [6, 6.07) is 0. The maximum Gasteiger partial charge on any atom is 0.183 e. The van der Waals surface area contributed by atoms with E-state index in [2.05, 4.69) is 27.6 Å². The van der Waals surface area contributed by atoms with Crippen molar-refractivity contribution in [2.45, 2.75) is 19.8 Å². The van der Waals surface area contributed by atoms with Crippen molar-refractivity contribution in [3.63, 3.8) is 0 Å². The number of thiazole rings is 2. The van der Waals surface area contributed by atoms with Gasteiger partial charge < -0.3 is 10.1 Å². The van der Waals surface area contributed by atoms with Gasteiger partial charge in [0.1, 0.15) is 0 Å². The maximum atomic E-state index is 5.00. The minimum absolute atomic E-state index is 0.691. The third-order valence-corrected chi connectivity index (χ3v) is 4.14. The maximum absolute atomic E-state index is 5.00. The van der Waals surface area contributed by atoms with Gasteiger partial charge in [0.05, 0.1) is 28.4 Å². The molecule has 0 unspecified atom stereocenters. The first-order chi connectivity index (χ1) is 8.85. The summed E-state index contributed by atoms with van der Waals surface area (Å²) in [7, 11) is 1.70. The topological polar surface area (TPSA) is 47.0 Å². The summed E-state index contributed by atoms with van der Waals surface area (Å²) in [6.45, 7) is 3.65. The zero-order valence-corrected chi connectivity index (χ0v) is 12.2. The van der Waals surface area contributed by atoms with Gasteiger partial charge in [0.2, 0.25) is 0 Å². The molecular weight excluding hydrogens is 266 g/mol. The first-order valence-electron chi connectivity index (χ1n) is 5.96. The molecule has 2 rings (SSSR count). The second-order valence-electron chi connectivity index (χ2n) is 3.84. The molecule has 0 radical (unpaired) electrons. The highest BCUT2D eigenvalue weighted by Gasteiger charge is 2.11. The summed E-state index contributed by atoms with van der Waals surface area (Å²) in [5.41, 5.74) is 4.10. The summed E-state index contributed by atoms with van der Waals surface area (Å²) in [5.74, 6) is 0. The molecule has 0 aliphatic carbocycles. The molecule has 2 aromatic heterocycles. The Morgan fingerprint density at radius 1 is 1.39 bits per heavy atom. The third kappa shape index (κ3) is 3.28. The summed E-state index contributed by atoms with van der Waals surface area (Å²) in [5, 5.41) is 6.27. The van der Waals surface area contributed by atoms with E-state index in [0.717, 1.165) is 35.9 Å². The Labute approximate surface area is 115 Å². The SMILES string of the molecule is CCCc1ncsc1-c1csc(NCCOC)n1. The molecule has 0 atom stereocenters. The van der Waals surface area contributed by atoms with Crippen molar-refractivity contribution < 1.29 is 4.74 Å². The van der Waals surface area contributed by atoms with Gasteiger partial charge >= 0.3 is 0 Å². The largest absolute Gasteiger partial charge is 0.383 e. The molecule has 6 heteroatoms. The number of hydrogen-bond acceptors (Lipinski definition) is 6. The van der Waals surface area contributed by atoms with E-state index < -0.39 is 0 Å². The van der Waals surface area contributed by atoms with E-state index >= 15 is 0 Å². The molecule has 2 heterocycles. The Hall–Kier alpha value is -0.980. The predicted molar refractivity (Wildman–Crippen MR) is 77.6 cm³/mol. The number of aromatic nitrogens is 2. The molecular formula is C12H17N3OS2. The summed E-state index contributed by atoms with van der Waals surface area (Å²) in [6.07, 6.45) is 2.13. The summed E-state index contributed by atoms with van der Waals surface area (Å²) < 4.78 is 5.00. The van der Waals surface area contributed by atoms with Crippen LogP contribution in [-0.4, -0.2) is 30.2 Å². The molecule has 0 aromatic carbocycles. The van der Waals surface area contributed by atoms with E-state index in [1.807, 2.05) is 5.51 Å². The van der Waals surface area contributed by atoms with Crippen molar-refractivity contribution >= 4 is 27.8 Å². The van der Waals surface area contributed by atoms with E-state index in [9.17, 15) is 0 Å². The van der Waals surface area contributed by atoms with Crippen molar-refractivity contribution in [1.29, 1.82) is 0 Å². The lowest BCUT2D eigenvalue weighted by Crippen LogP contribution is -2.07. The molecule has 4 nitrogen and oxygen atoms in total. The van der Waals surface area contributed by atoms with Crippen LogP contribution in [0, 0.1) is 0 Å². The van der Waals surface area contributed by atoms with E-state index in [-0.39, 0.29) is 0 Å². The van der Waals surface area contributed by atoms with Crippen LogP contribution < -0.4 is 5.32 Å². The van der Waals surface area contributed by atoms with Gasteiger partial charge in [0.15, 0.2) is 5.13 Å². The molecule has 0 saturated carbocycles. The quantitative estimate of drug-likeness (QED) is 0.792. The van der Waals surface area contributed by atoms with E-state index in [0.29, 0.717) is 6.61 Å². The second-order valence-corrected chi connectivity index (χ2v) is 5.55. The zero-order valence-electron chi connectivity index (χ0n) is 10.6. The highest BCUT2D eigenvalue weighted by atomic mass is 32.1. The van der Waals surface area contributed by atoms with Crippen LogP contribution in [0.4, 0.5) is 5.13 Å². The molecule has 0 aliphatic rings. The molecule has 0 bridgehead atoms. The van der Waals surface area contributed by atoms with Gasteiger partial charge in [-0.15, -0.1) is 22.7 Å². The number of aryl methyl sites for hydroxylation is 1. The standard InChI is InChI=1S/C12H17N3OS2/c1-3-4-9-11(18-8-14-9)10-7-17-12(15-10)13-5-6-16-2/h7-8H,3-6H2,1-2H3,(H,13,15). The molecule has 0 amide bonds. The van der Waals surface area contributed by atoms with E-state index in [4.69, 9.17) is 4.74 Å². The van der Waals surface area contributed by atoms with Crippen LogP contribution in [0.5, 0.6) is 0 Å². The average molecular weight is 283 g/mol. The minimum atomic E-state index is 0.691. The van der Waals surface area contributed by atoms with Crippen LogP contribution in [0.1, 0.15) is 19.0 Å². The number of nitrogens with one attached hydrogen (secondary N) is 1. The van der Waals surface area contributed by atoms with Gasteiger partial charge in [-0.25, -0.2) is 9.97 Å². The molecule has 1 N–H and O–H groups in total. The molecule has 0 aliphatic heterocycles. The fraction of sp³-hybridized carbons (Fsp3) is 0.500. The molecule has 0 fully saturated rings. The second kappa shape index (κ2) is 6.82. The zero-order chi connectivity index (χ0) is 12.8. The van der Waals surface area contributed by atoms with Crippen LogP contribution in [0.25, 0.3) is 10.6 Å². The van der Waals surface area contributed by atoms with Crippen molar-refractivity contribution in [1.82, 2.24) is 9.97 Å². The lowest BCUT2D eigenvalue weighted by atomic mass is 10.2. The Morgan fingerprint density at radius 2 is 2.28 bits per heavy atom. The normalized spacial score (nSPS) is 10.8. The van der Waals surface area contributed by atoms with Crippen molar-refractivity contribution in [3.8, 4) is 10.6 Å². The third-order valence-electron chi connectivity index (χ3n) is 2.45. The van der Waals surface area contributed by atoms with Crippen LogP contribution in [0.2, 0.25) is 0 Å². The van der Waals surface area contributed by atoms with E-state index in [1.165, 1.54) is 4.88 Å². The monoisotopic (exact) mass is 283 g/mol. The number of ether oxygens (including phenoxy) is 1. The van der Waals surface area contributed by atoms with Gasteiger partial charge in [-0.05, 0) is 6.42 Å².